The van der Waals surface area contributed by atoms with Gasteiger partial charge in [0.2, 0.25) is 10.0 Å². The van der Waals surface area contributed by atoms with Crippen LogP contribution in [-0.4, -0.2) is 50.1 Å². The Morgan fingerprint density at radius 2 is 2.07 bits per heavy atom. The number of likely N-dealkylation sites (tertiary alicyclic amines) is 1. The Morgan fingerprint density at radius 3 is 2.67 bits per heavy atom. The first-order valence-corrected chi connectivity index (χ1v) is 7.59. The Labute approximate surface area is 96.0 Å². The number of sulfonamides is 1. The molecular formula is C9H17ClN2O2S. The third-order valence-corrected chi connectivity index (χ3v) is 4.82. The molecule has 1 unspecified atom stereocenters. The highest BCUT2D eigenvalue weighted by Gasteiger charge is 2.35. The molecule has 1 saturated carbocycles. The number of halogens is 1. The van der Waals surface area contributed by atoms with E-state index < -0.39 is 10.0 Å². The van der Waals surface area contributed by atoms with E-state index in [1.54, 1.807) is 0 Å². The number of nitrogens with one attached hydrogen (secondary N) is 1. The average molecular weight is 253 g/mol. The predicted molar refractivity (Wildman–Crippen MR) is 60.6 cm³/mol. The molecule has 2 rings (SSSR count). The minimum atomic E-state index is -3.15. The van der Waals surface area contributed by atoms with Crippen molar-refractivity contribution in [2.75, 3.05) is 24.7 Å². The fourth-order valence-corrected chi connectivity index (χ4v) is 3.70. The average Bonchev–Trinajstić information content (AvgIpc) is 2.88. The molecule has 0 aromatic carbocycles. The summed E-state index contributed by atoms with van der Waals surface area (Å²) in [6, 6.07) is 0.825. The molecule has 88 valence electrons. The first-order chi connectivity index (χ1) is 7.11. The highest BCUT2D eigenvalue weighted by Crippen LogP contribution is 2.29. The van der Waals surface area contributed by atoms with Crippen molar-refractivity contribution in [2.45, 2.75) is 31.3 Å². The van der Waals surface area contributed by atoms with Crippen molar-refractivity contribution in [1.29, 1.82) is 0 Å². The second-order valence-corrected chi connectivity index (χ2v) is 6.59. The summed E-state index contributed by atoms with van der Waals surface area (Å²) in [5.74, 6) is 0.183. The molecule has 0 aromatic rings. The Hall–Kier alpha value is 0.160. The molecule has 0 bridgehead atoms. The summed E-state index contributed by atoms with van der Waals surface area (Å²) < 4.78 is 25.6. The largest absolute Gasteiger partial charge is 0.299 e. The van der Waals surface area contributed by atoms with Crippen molar-refractivity contribution in [1.82, 2.24) is 9.62 Å². The Morgan fingerprint density at radius 1 is 1.33 bits per heavy atom. The molecule has 0 radical (unpaired) electrons. The topological polar surface area (TPSA) is 49.4 Å². The molecule has 2 aliphatic rings. The number of rotatable bonds is 5. The maximum absolute atomic E-state index is 11.5. The zero-order valence-electron chi connectivity index (χ0n) is 8.65. The van der Waals surface area contributed by atoms with Crippen molar-refractivity contribution in [3.05, 3.63) is 0 Å². The van der Waals surface area contributed by atoms with E-state index in [2.05, 4.69) is 9.62 Å². The Kier molecular flexibility index (Phi) is 3.55. The van der Waals surface area contributed by atoms with Crippen molar-refractivity contribution in [3.8, 4) is 0 Å². The smallest absolute Gasteiger partial charge is 0.213 e. The third kappa shape index (κ3) is 3.31. The fraction of sp³-hybridized carbons (Fsp3) is 1.00. The summed E-state index contributed by atoms with van der Waals surface area (Å²) in [7, 11) is -3.15. The third-order valence-electron chi connectivity index (χ3n) is 2.98. The maximum atomic E-state index is 11.5. The van der Waals surface area contributed by atoms with Crippen LogP contribution < -0.4 is 4.72 Å². The van der Waals surface area contributed by atoms with E-state index >= 15 is 0 Å². The van der Waals surface area contributed by atoms with Crippen LogP contribution in [0.15, 0.2) is 0 Å². The second-order valence-electron chi connectivity index (χ2n) is 4.34. The minimum Gasteiger partial charge on any atom is -0.299 e. The molecule has 1 N–H and O–H groups in total. The molecule has 1 aliphatic carbocycles. The van der Waals surface area contributed by atoms with Crippen LogP contribution in [0.5, 0.6) is 0 Å². The van der Waals surface area contributed by atoms with Crippen LogP contribution in [0.4, 0.5) is 0 Å². The van der Waals surface area contributed by atoms with Gasteiger partial charge in [-0.15, -0.1) is 11.6 Å². The van der Waals surface area contributed by atoms with Crippen LogP contribution >= 0.6 is 11.6 Å². The van der Waals surface area contributed by atoms with Crippen LogP contribution in [0.2, 0.25) is 0 Å². The van der Waals surface area contributed by atoms with Crippen molar-refractivity contribution in [2.24, 2.45) is 0 Å². The lowest BCUT2D eigenvalue weighted by molar-refractivity contribution is 0.322. The van der Waals surface area contributed by atoms with Crippen LogP contribution in [0.1, 0.15) is 19.3 Å². The molecule has 2 fully saturated rings. The normalized spacial score (nSPS) is 28.5. The summed E-state index contributed by atoms with van der Waals surface area (Å²) in [6.07, 6.45) is 3.49. The molecule has 0 aromatic heterocycles. The fourth-order valence-electron chi connectivity index (χ4n) is 2.07. The quantitative estimate of drug-likeness (QED) is 0.720. The molecule has 0 amide bonds. The first kappa shape index (κ1) is 11.6. The molecule has 1 aliphatic heterocycles. The Bertz CT molecular complexity index is 316. The van der Waals surface area contributed by atoms with Crippen LogP contribution in [0.25, 0.3) is 0 Å². The van der Waals surface area contributed by atoms with E-state index in [1.807, 2.05) is 0 Å². The Balaban J connectivity index is 1.80. The highest BCUT2D eigenvalue weighted by atomic mass is 35.5. The highest BCUT2D eigenvalue weighted by molar-refractivity contribution is 7.89. The van der Waals surface area contributed by atoms with Gasteiger partial charge in [-0.1, -0.05) is 0 Å². The van der Waals surface area contributed by atoms with Gasteiger partial charge in [-0.3, -0.25) is 4.90 Å². The van der Waals surface area contributed by atoms with E-state index in [-0.39, 0.29) is 17.7 Å². The summed E-state index contributed by atoms with van der Waals surface area (Å²) in [6.45, 7) is 1.89. The van der Waals surface area contributed by atoms with Gasteiger partial charge in [0.1, 0.15) is 0 Å². The van der Waals surface area contributed by atoms with Crippen LogP contribution in [-0.2, 0) is 10.0 Å². The molecular weight excluding hydrogens is 236 g/mol. The van der Waals surface area contributed by atoms with Gasteiger partial charge in [0.25, 0.3) is 0 Å². The molecule has 15 heavy (non-hydrogen) atoms. The van der Waals surface area contributed by atoms with Crippen molar-refractivity contribution < 1.29 is 8.42 Å². The van der Waals surface area contributed by atoms with Crippen molar-refractivity contribution in [3.63, 3.8) is 0 Å². The molecule has 4 nitrogen and oxygen atoms in total. The zero-order chi connectivity index (χ0) is 10.9. The molecule has 6 heteroatoms. The van der Waals surface area contributed by atoms with Gasteiger partial charge >= 0.3 is 0 Å². The molecule has 1 saturated heterocycles. The standard InChI is InChI=1S/C9H17ClN2O2S/c10-4-6-15(13,14)11-8-3-5-12(7-8)9-1-2-9/h8-9,11H,1-7H2. The van der Waals surface area contributed by atoms with E-state index in [9.17, 15) is 8.42 Å². The number of hydrogen-bond acceptors (Lipinski definition) is 3. The lowest BCUT2D eigenvalue weighted by atomic mass is 10.3. The summed E-state index contributed by atoms with van der Waals surface area (Å²) >= 11 is 5.43. The van der Waals surface area contributed by atoms with E-state index in [0.29, 0.717) is 0 Å². The van der Waals surface area contributed by atoms with Gasteiger partial charge in [-0.25, -0.2) is 13.1 Å². The minimum absolute atomic E-state index is 0.0223. The van der Waals surface area contributed by atoms with E-state index in [1.165, 1.54) is 12.8 Å². The second kappa shape index (κ2) is 4.57. The van der Waals surface area contributed by atoms with Gasteiger partial charge in [0.05, 0.1) is 5.75 Å². The lowest BCUT2D eigenvalue weighted by Gasteiger charge is -2.15. The number of alkyl halides is 1. The van der Waals surface area contributed by atoms with E-state index in [0.717, 1.165) is 25.6 Å². The van der Waals surface area contributed by atoms with Gasteiger partial charge in [0, 0.05) is 31.1 Å². The number of hydrogen-bond donors (Lipinski definition) is 1. The summed E-state index contributed by atoms with van der Waals surface area (Å²) in [4.78, 5) is 2.38. The summed E-state index contributed by atoms with van der Waals surface area (Å²) in [5, 5.41) is 0. The van der Waals surface area contributed by atoms with Crippen LogP contribution in [0, 0.1) is 0 Å². The zero-order valence-corrected chi connectivity index (χ0v) is 10.2. The van der Waals surface area contributed by atoms with Gasteiger partial charge in [-0.05, 0) is 19.3 Å². The van der Waals surface area contributed by atoms with Gasteiger partial charge in [-0.2, -0.15) is 0 Å². The lowest BCUT2D eigenvalue weighted by Crippen LogP contribution is -2.39. The number of nitrogens with zero attached hydrogens (tertiary/aromatic N) is 1. The molecule has 1 atom stereocenters. The van der Waals surface area contributed by atoms with E-state index in [4.69, 9.17) is 11.6 Å². The van der Waals surface area contributed by atoms with Crippen molar-refractivity contribution >= 4 is 21.6 Å². The predicted octanol–water partition coefficient (Wildman–Crippen LogP) is 0.381. The monoisotopic (exact) mass is 252 g/mol. The SMILES string of the molecule is O=S(=O)(CCCl)NC1CCN(C2CC2)C1. The first-order valence-electron chi connectivity index (χ1n) is 5.41. The van der Waals surface area contributed by atoms with Gasteiger partial charge < -0.3 is 0 Å². The molecule has 0 spiro atoms. The van der Waals surface area contributed by atoms with Gasteiger partial charge in [0.15, 0.2) is 0 Å². The molecule has 1 heterocycles. The maximum Gasteiger partial charge on any atom is 0.213 e. The summed E-state index contributed by atoms with van der Waals surface area (Å²) in [5.41, 5.74) is 0. The van der Waals surface area contributed by atoms with Crippen LogP contribution in [0.3, 0.4) is 0 Å².